The van der Waals surface area contributed by atoms with Crippen molar-refractivity contribution in [1.82, 2.24) is 0 Å². The summed E-state index contributed by atoms with van der Waals surface area (Å²) in [6, 6.07) is 15.5. The molecule has 0 amide bonds. The molecule has 0 saturated carbocycles. The first-order valence-corrected chi connectivity index (χ1v) is 6.50. The summed E-state index contributed by atoms with van der Waals surface area (Å²) in [5.74, 6) is 0.466. The fourth-order valence-corrected chi connectivity index (χ4v) is 2.17. The largest absolute Gasteiger partial charge is 0.397 e. The molecular weight excluding hydrogens is 248 g/mol. The van der Waals surface area contributed by atoms with Gasteiger partial charge in [0.2, 0.25) is 11.1 Å². The Balaban J connectivity index is 2.10. The molecule has 0 bridgehead atoms. The number of benzene rings is 2. The van der Waals surface area contributed by atoms with Crippen molar-refractivity contribution >= 4 is 16.9 Å². The van der Waals surface area contributed by atoms with Gasteiger partial charge >= 0.3 is 0 Å². The molecule has 0 N–H and O–H groups in total. The van der Waals surface area contributed by atoms with Crippen LogP contribution < -0.4 is 4.18 Å². The van der Waals surface area contributed by atoms with E-state index >= 15 is 0 Å². The van der Waals surface area contributed by atoms with E-state index in [1.54, 1.807) is 48.5 Å². The van der Waals surface area contributed by atoms with E-state index in [1.807, 2.05) is 6.07 Å². The van der Waals surface area contributed by atoms with Crippen LogP contribution in [0.5, 0.6) is 5.75 Å². The first kappa shape index (κ1) is 12.5. The second-order valence-electron chi connectivity index (χ2n) is 3.71. The Morgan fingerprint density at radius 2 is 1.61 bits per heavy atom. The number of carbonyl (C=O) groups is 1. The van der Waals surface area contributed by atoms with Gasteiger partial charge in [0.15, 0.2) is 5.78 Å². The third-order valence-corrected chi connectivity index (χ3v) is 3.37. The third-order valence-electron chi connectivity index (χ3n) is 2.37. The van der Waals surface area contributed by atoms with Crippen molar-refractivity contribution in [3.63, 3.8) is 0 Å². The lowest BCUT2D eigenvalue weighted by molar-refractivity contribution is 0.101. The fourth-order valence-electron chi connectivity index (χ4n) is 1.41. The molecule has 0 heterocycles. The van der Waals surface area contributed by atoms with Crippen molar-refractivity contribution in [2.45, 2.75) is 11.8 Å². The average Bonchev–Trinajstić information content (AvgIpc) is 2.40. The van der Waals surface area contributed by atoms with Crippen LogP contribution in [0.3, 0.4) is 0 Å². The minimum Gasteiger partial charge on any atom is -0.397 e. The third kappa shape index (κ3) is 3.05. The van der Waals surface area contributed by atoms with Gasteiger partial charge in [0.1, 0.15) is 5.75 Å². The summed E-state index contributed by atoms with van der Waals surface area (Å²) in [4.78, 5) is 11.7. The van der Waals surface area contributed by atoms with Crippen LogP contribution in [-0.2, 0) is 11.1 Å². The Kier molecular flexibility index (Phi) is 3.89. The summed E-state index contributed by atoms with van der Waals surface area (Å²) in [7, 11) is 0. The normalized spacial score (nSPS) is 11.8. The quantitative estimate of drug-likeness (QED) is 0.794. The van der Waals surface area contributed by atoms with Gasteiger partial charge in [-0.3, -0.25) is 4.79 Å². The van der Waals surface area contributed by atoms with Crippen molar-refractivity contribution in [1.29, 1.82) is 0 Å². The van der Waals surface area contributed by atoms with E-state index < -0.39 is 11.1 Å². The predicted octanol–water partition coefficient (Wildman–Crippen LogP) is 2.99. The molecule has 4 heteroatoms. The summed E-state index contributed by atoms with van der Waals surface area (Å²) in [5.41, 5.74) is 0.604. The van der Waals surface area contributed by atoms with Crippen LogP contribution in [0.25, 0.3) is 0 Å². The highest BCUT2D eigenvalue weighted by atomic mass is 32.2. The van der Waals surface area contributed by atoms with Gasteiger partial charge in [0.05, 0.1) is 4.90 Å². The lowest BCUT2D eigenvalue weighted by atomic mass is 10.1. The number of carbonyl (C=O) groups excluding carboxylic acids is 1. The number of ketones is 1. The zero-order valence-electron chi connectivity index (χ0n) is 9.83. The Morgan fingerprint density at radius 1 is 1.00 bits per heavy atom. The molecule has 0 saturated heterocycles. The van der Waals surface area contributed by atoms with Crippen LogP contribution in [-0.4, -0.2) is 9.99 Å². The predicted molar refractivity (Wildman–Crippen MR) is 69.9 cm³/mol. The van der Waals surface area contributed by atoms with Crippen LogP contribution in [0.2, 0.25) is 0 Å². The summed E-state index contributed by atoms with van der Waals surface area (Å²) in [5, 5.41) is 0. The number of hydrogen-bond acceptors (Lipinski definition) is 3. The number of hydrogen-bond donors (Lipinski definition) is 0. The van der Waals surface area contributed by atoms with Crippen molar-refractivity contribution in [3.05, 3.63) is 60.2 Å². The van der Waals surface area contributed by atoms with Crippen molar-refractivity contribution < 1.29 is 13.2 Å². The SMILES string of the molecule is CC(=O)c1ccc(OS(=O)c2ccccc2)cc1. The molecule has 2 rings (SSSR count). The number of rotatable bonds is 4. The van der Waals surface area contributed by atoms with Crippen LogP contribution in [0, 0.1) is 0 Å². The van der Waals surface area contributed by atoms with Gasteiger partial charge in [0.25, 0.3) is 0 Å². The van der Waals surface area contributed by atoms with Crippen LogP contribution >= 0.6 is 0 Å². The molecule has 1 atom stereocenters. The highest BCUT2D eigenvalue weighted by Crippen LogP contribution is 2.16. The van der Waals surface area contributed by atoms with Gasteiger partial charge in [-0.05, 0) is 43.3 Å². The van der Waals surface area contributed by atoms with E-state index in [4.69, 9.17) is 4.18 Å². The molecule has 18 heavy (non-hydrogen) atoms. The van der Waals surface area contributed by atoms with E-state index in [2.05, 4.69) is 0 Å². The Labute approximate surface area is 108 Å². The molecular formula is C14H12O3S. The van der Waals surface area contributed by atoms with Gasteiger partial charge in [0, 0.05) is 5.56 Å². The lowest BCUT2D eigenvalue weighted by Crippen LogP contribution is -2.01. The second kappa shape index (κ2) is 5.60. The molecule has 92 valence electrons. The van der Waals surface area contributed by atoms with E-state index in [0.29, 0.717) is 16.2 Å². The molecule has 1 unspecified atom stereocenters. The Bertz CT molecular complexity index is 561. The maximum absolute atomic E-state index is 11.9. The topological polar surface area (TPSA) is 43.4 Å². The summed E-state index contributed by atoms with van der Waals surface area (Å²) in [6.07, 6.45) is 0. The summed E-state index contributed by atoms with van der Waals surface area (Å²) < 4.78 is 17.2. The molecule has 2 aromatic rings. The molecule has 3 nitrogen and oxygen atoms in total. The zero-order valence-corrected chi connectivity index (χ0v) is 10.6. The van der Waals surface area contributed by atoms with Crippen molar-refractivity contribution in [2.75, 3.05) is 0 Å². The highest BCUT2D eigenvalue weighted by molar-refractivity contribution is 7.80. The molecule has 0 fully saturated rings. The highest BCUT2D eigenvalue weighted by Gasteiger charge is 2.06. The smallest absolute Gasteiger partial charge is 0.240 e. The molecule has 0 spiro atoms. The maximum atomic E-state index is 11.9. The maximum Gasteiger partial charge on any atom is 0.240 e. The molecule has 0 radical (unpaired) electrons. The molecule has 0 aromatic heterocycles. The van der Waals surface area contributed by atoms with E-state index in [1.165, 1.54) is 6.92 Å². The van der Waals surface area contributed by atoms with Gasteiger partial charge in [-0.25, -0.2) is 4.21 Å². The molecule has 2 aromatic carbocycles. The van der Waals surface area contributed by atoms with Gasteiger partial charge in [-0.1, -0.05) is 18.2 Å². The fraction of sp³-hybridized carbons (Fsp3) is 0.0714. The first-order chi connectivity index (χ1) is 8.66. The van der Waals surface area contributed by atoms with E-state index in [0.717, 1.165) is 0 Å². The summed E-state index contributed by atoms with van der Waals surface area (Å²) >= 11 is -1.54. The molecule has 0 aliphatic carbocycles. The van der Waals surface area contributed by atoms with E-state index in [9.17, 15) is 9.00 Å². The van der Waals surface area contributed by atoms with Crippen LogP contribution in [0.1, 0.15) is 17.3 Å². The summed E-state index contributed by atoms with van der Waals surface area (Å²) in [6.45, 7) is 1.50. The monoisotopic (exact) mass is 260 g/mol. The van der Waals surface area contributed by atoms with Crippen LogP contribution in [0.15, 0.2) is 59.5 Å². The van der Waals surface area contributed by atoms with Crippen molar-refractivity contribution in [3.8, 4) is 5.75 Å². The van der Waals surface area contributed by atoms with Crippen LogP contribution in [0.4, 0.5) is 0 Å². The van der Waals surface area contributed by atoms with Gasteiger partial charge < -0.3 is 4.18 Å². The lowest BCUT2D eigenvalue weighted by Gasteiger charge is -2.05. The van der Waals surface area contributed by atoms with Gasteiger partial charge in [-0.15, -0.1) is 0 Å². The minimum absolute atomic E-state index is 0.00858. The molecule has 0 aliphatic heterocycles. The minimum atomic E-state index is -1.54. The standard InChI is InChI=1S/C14H12O3S/c1-11(15)12-7-9-13(10-8-12)17-18(16)14-5-3-2-4-6-14/h2-10H,1H3. The van der Waals surface area contributed by atoms with Crippen molar-refractivity contribution in [2.24, 2.45) is 0 Å². The molecule has 0 aliphatic rings. The Hall–Kier alpha value is -1.94. The average molecular weight is 260 g/mol. The van der Waals surface area contributed by atoms with E-state index in [-0.39, 0.29) is 5.78 Å². The van der Waals surface area contributed by atoms with Gasteiger partial charge in [-0.2, -0.15) is 0 Å². The zero-order chi connectivity index (χ0) is 13.0. The second-order valence-corrected chi connectivity index (χ2v) is 4.82. The Morgan fingerprint density at radius 3 is 2.17 bits per heavy atom. The number of Topliss-reactive ketones (excluding diaryl/α,β-unsaturated/α-hetero) is 1. The first-order valence-electron chi connectivity index (χ1n) is 5.43.